The third-order valence-electron chi connectivity index (χ3n) is 9.11. The van der Waals surface area contributed by atoms with E-state index in [1.807, 2.05) is 23.1 Å². The SMILES string of the molecule is CC(C)(C)N1C[C@@H](CN2CCC[C@@H](C3C=CC(Cl)=CC3)N(C(=O)C3CC(F)(F)C3)C2)[C@H](c2c#cc(F)cc2F)C1. The Bertz CT molecular complexity index is 1160. The average Bonchev–Trinajstić information content (AvgIpc) is 3.16. The van der Waals surface area contributed by atoms with Crippen molar-refractivity contribution in [3.05, 3.63) is 58.7 Å². The fraction of sp³-hybridized carbons (Fsp3) is 0.645. The molecule has 0 aromatic heterocycles. The molecule has 4 atom stereocenters. The van der Waals surface area contributed by atoms with Crippen molar-refractivity contribution in [2.75, 3.05) is 32.8 Å². The molecule has 0 spiro atoms. The van der Waals surface area contributed by atoms with E-state index in [2.05, 4.69) is 42.7 Å². The van der Waals surface area contributed by atoms with E-state index in [-0.39, 0.29) is 35.2 Å². The molecule has 9 heteroatoms. The zero-order valence-electron chi connectivity index (χ0n) is 23.4. The molecular weight excluding hydrogens is 542 g/mol. The summed E-state index contributed by atoms with van der Waals surface area (Å²) in [5.74, 6) is -5.16. The van der Waals surface area contributed by atoms with Crippen molar-refractivity contribution in [2.24, 2.45) is 17.8 Å². The average molecular weight is 580 g/mol. The summed E-state index contributed by atoms with van der Waals surface area (Å²) in [5, 5.41) is 0.667. The van der Waals surface area contributed by atoms with Gasteiger partial charge >= 0.3 is 0 Å². The van der Waals surface area contributed by atoms with Gasteiger partial charge < -0.3 is 4.90 Å². The number of amides is 1. The van der Waals surface area contributed by atoms with Gasteiger partial charge in [-0.15, -0.1) is 0 Å². The Morgan fingerprint density at radius 3 is 2.55 bits per heavy atom. The van der Waals surface area contributed by atoms with Gasteiger partial charge in [-0.2, -0.15) is 4.39 Å². The fourth-order valence-corrected chi connectivity index (χ4v) is 6.97. The molecule has 2 aliphatic heterocycles. The van der Waals surface area contributed by atoms with E-state index in [9.17, 15) is 22.4 Å². The van der Waals surface area contributed by atoms with E-state index in [0.717, 1.165) is 32.0 Å². The van der Waals surface area contributed by atoms with Gasteiger partial charge in [0, 0.05) is 78.5 Å². The van der Waals surface area contributed by atoms with Gasteiger partial charge in [0.15, 0.2) is 5.82 Å². The maximum atomic E-state index is 14.9. The van der Waals surface area contributed by atoms with Gasteiger partial charge in [-0.05, 0) is 64.6 Å². The lowest BCUT2D eigenvalue weighted by atomic mass is 9.79. The molecule has 218 valence electrons. The normalized spacial score (nSPS) is 30.0. The number of likely N-dealkylation sites (tertiary alicyclic amines) is 1. The molecule has 3 fully saturated rings. The van der Waals surface area contributed by atoms with Crippen molar-refractivity contribution in [2.45, 2.75) is 76.3 Å². The Labute approximate surface area is 240 Å². The van der Waals surface area contributed by atoms with Crippen molar-refractivity contribution >= 4 is 17.5 Å². The predicted octanol–water partition coefficient (Wildman–Crippen LogP) is 6.37. The molecule has 40 heavy (non-hydrogen) atoms. The Morgan fingerprint density at radius 2 is 1.93 bits per heavy atom. The molecule has 0 bridgehead atoms. The fourth-order valence-electron chi connectivity index (χ4n) is 6.81. The quantitative estimate of drug-likeness (QED) is 0.379. The highest BCUT2D eigenvalue weighted by molar-refractivity contribution is 6.31. The highest BCUT2D eigenvalue weighted by atomic mass is 35.5. The monoisotopic (exact) mass is 579 g/mol. The van der Waals surface area contributed by atoms with Crippen LogP contribution in [0.1, 0.15) is 64.4 Å². The second-order valence-electron chi connectivity index (χ2n) is 13.0. The zero-order valence-corrected chi connectivity index (χ0v) is 24.2. The van der Waals surface area contributed by atoms with E-state index < -0.39 is 36.3 Å². The summed E-state index contributed by atoms with van der Waals surface area (Å²) in [6.45, 7) is 9.37. The third kappa shape index (κ3) is 6.37. The largest absolute Gasteiger partial charge is 0.326 e. The third-order valence-corrected chi connectivity index (χ3v) is 9.39. The number of hydrogen-bond donors (Lipinski definition) is 0. The van der Waals surface area contributed by atoms with Gasteiger partial charge in [-0.25, -0.2) is 13.2 Å². The minimum atomic E-state index is -2.78. The summed E-state index contributed by atoms with van der Waals surface area (Å²) >= 11 is 6.16. The standard InChI is InChI=1S/C31H38ClF4N3O/c1-30(2,3)38-17-22(26(18-38)25-11-10-24(33)13-27(25)34)16-37-12-4-5-28(20-6-8-23(32)9-7-20)39(19-37)29(40)21-14-31(35,36)15-21/h6,8-9,13,20-22,26,28H,4-5,7,12,14-19H2,1-3H3/t20?,22-,26-,28+/m1/s1. The van der Waals surface area contributed by atoms with E-state index in [0.29, 0.717) is 36.8 Å². The molecule has 4 nitrogen and oxygen atoms in total. The number of hydrogen-bond acceptors (Lipinski definition) is 3. The van der Waals surface area contributed by atoms with Crippen molar-refractivity contribution in [3.8, 4) is 0 Å². The molecule has 5 rings (SSSR count). The lowest BCUT2D eigenvalue weighted by Crippen LogP contribution is -2.54. The number of alkyl halides is 2. The molecular formula is C31H38ClF4N3O. The van der Waals surface area contributed by atoms with Crippen LogP contribution in [0.3, 0.4) is 0 Å². The van der Waals surface area contributed by atoms with E-state index >= 15 is 0 Å². The van der Waals surface area contributed by atoms with Gasteiger partial charge in [-0.3, -0.25) is 14.6 Å². The van der Waals surface area contributed by atoms with Crippen LogP contribution in [-0.4, -0.2) is 71.0 Å². The molecule has 0 N–H and O–H groups in total. The Kier molecular flexibility index (Phi) is 8.31. The molecule has 1 aromatic rings. The van der Waals surface area contributed by atoms with Gasteiger partial charge in [0.2, 0.25) is 11.8 Å². The maximum Gasteiger partial charge on any atom is 0.249 e. The van der Waals surface area contributed by atoms with E-state index in [1.54, 1.807) is 0 Å². The molecule has 2 saturated heterocycles. The smallest absolute Gasteiger partial charge is 0.249 e. The number of halogens is 5. The van der Waals surface area contributed by atoms with Crippen LogP contribution in [0.4, 0.5) is 17.6 Å². The predicted molar refractivity (Wildman–Crippen MR) is 147 cm³/mol. The van der Waals surface area contributed by atoms with Crippen LogP contribution < -0.4 is 0 Å². The molecule has 4 aliphatic rings. The van der Waals surface area contributed by atoms with Crippen LogP contribution in [0.5, 0.6) is 0 Å². The first-order valence-electron chi connectivity index (χ1n) is 14.3. The molecule has 2 heterocycles. The van der Waals surface area contributed by atoms with Gasteiger partial charge in [-0.1, -0.05) is 29.8 Å². The van der Waals surface area contributed by atoms with E-state index in [1.165, 1.54) is 0 Å². The zero-order chi connectivity index (χ0) is 28.8. The van der Waals surface area contributed by atoms with Crippen LogP contribution in [0.25, 0.3) is 0 Å². The Morgan fingerprint density at radius 1 is 1.18 bits per heavy atom. The number of rotatable bonds is 5. The van der Waals surface area contributed by atoms with Crippen molar-refractivity contribution in [1.29, 1.82) is 0 Å². The lowest BCUT2D eigenvalue weighted by molar-refractivity contribution is -0.164. The van der Waals surface area contributed by atoms with Crippen LogP contribution in [0.15, 0.2) is 29.3 Å². The number of carbonyl (C=O) groups is 1. The minimum absolute atomic E-state index is 0.0155. The molecule has 2 aliphatic carbocycles. The minimum Gasteiger partial charge on any atom is -0.326 e. The van der Waals surface area contributed by atoms with Crippen molar-refractivity contribution in [1.82, 2.24) is 14.7 Å². The van der Waals surface area contributed by atoms with Crippen molar-refractivity contribution in [3.63, 3.8) is 0 Å². The highest BCUT2D eigenvalue weighted by Crippen LogP contribution is 2.44. The topological polar surface area (TPSA) is 26.8 Å². The van der Waals surface area contributed by atoms with Gasteiger partial charge in [0.05, 0.1) is 6.67 Å². The molecule has 1 amide bonds. The first-order valence-corrected chi connectivity index (χ1v) is 14.7. The molecule has 1 unspecified atom stereocenters. The summed E-state index contributed by atoms with van der Waals surface area (Å²) in [4.78, 5) is 20.0. The lowest BCUT2D eigenvalue weighted by Gasteiger charge is -2.43. The summed E-state index contributed by atoms with van der Waals surface area (Å²) < 4.78 is 56.1. The van der Waals surface area contributed by atoms with Crippen LogP contribution in [-0.2, 0) is 4.79 Å². The van der Waals surface area contributed by atoms with Crippen LogP contribution in [0.2, 0.25) is 0 Å². The van der Waals surface area contributed by atoms with Gasteiger partial charge in [0.25, 0.3) is 0 Å². The summed E-state index contributed by atoms with van der Waals surface area (Å²) in [5.41, 5.74) is 0.197. The van der Waals surface area contributed by atoms with E-state index in [4.69, 9.17) is 11.6 Å². The summed E-state index contributed by atoms with van der Waals surface area (Å²) in [7, 11) is 0. The van der Waals surface area contributed by atoms with Crippen LogP contribution >= 0.6 is 11.6 Å². The van der Waals surface area contributed by atoms with Crippen molar-refractivity contribution < 1.29 is 22.4 Å². The highest BCUT2D eigenvalue weighted by Gasteiger charge is 2.51. The van der Waals surface area contributed by atoms with Crippen LogP contribution in [0, 0.1) is 41.5 Å². The second kappa shape index (κ2) is 11.3. The first kappa shape index (κ1) is 29.4. The Balaban J connectivity index is 1.38. The summed E-state index contributed by atoms with van der Waals surface area (Å²) in [6.07, 6.45) is 7.36. The number of nitrogens with zero attached hydrogens (tertiary/aromatic N) is 3. The molecule has 0 radical (unpaired) electrons. The maximum absolute atomic E-state index is 14.9. The molecule has 1 aromatic carbocycles. The van der Waals surface area contributed by atoms with Gasteiger partial charge in [0.1, 0.15) is 5.82 Å². The number of carbonyl (C=O) groups excluding carboxylic acids is 1. The first-order chi connectivity index (χ1) is 18.8. The Hall–Kier alpha value is -2.08. The number of allylic oxidation sites excluding steroid dienone is 3. The summed E-state index contributed by atoms with van der Waals surface area (Å²) in [6, 6.07) is 5.91. The second-order valence-corrected chi connectivity index (χ2v) is 13.4. The molecule has 1 saturated carbocycles.